The van der Waals surface area contributed by atoms with Crippen molar-refractivity contribution in [3.8, 4) is 11.3 Å². The molecule has 0 aliphatic heterocycles. The van der Waals surface area contributed by atoms with E-state index in [1.54, 1.807) is 24.3 Å². The normalized spacial score (nSPS) is 11.7. The first kappa shape index (κ1) is 18.5. The quantitative estimate of drug-likeness (QED) is 0.444. The van der Waals surface area contributed by atoms with Crippen LogP contribution >= 0.6 is 0 Å². The second-order valence-corrected chi connectivity index (χ2v) is 8.32. The van der Waals surface area contributed by atoms with Gasteiger partial charge in [0, 0.05) is 0 Å². The monoisotopic (exact) mass is 446 g/mol. The Bertz CT molecular complexity index is 1180. The van der Waals surface area contributed by atoms with Crippen LogP contribution in [-0.2, 0) is 6.18 Å². The molecule has 140 valence electrons. The Morgan fingerprint density at radius 2 is 1.43 bits per heavy atom. The molecule has 0 aliphatic carbocycles. The van der Waals surface area contributed by atoms with E-state index in [0.717, 1.165) is 10.5 Å². The summed E-state index contributed by atoms with van der Waals surface area (Å²) in [5, 5.41) is -0.414. The summed E-state index contributed by atoms with van der Waals surface area (Å²) in [6.07, 6.45) is -4.64. The molecular formula is C22H13F3O2Se. The van der Waals surface area contributed by atoms with Gasteiger partial charge in [-0.15, -0.1) is 0 Å². The Labute approximate surface area is 164 Å². The van der Waals surface area contributed by atoms with Gasteiger partial charge in [-0.1, -0.05) is 0 Å². The van der Waals surface area contributed by atoms with Crippen molar-refractivity contribution in [1.29, 1.82) is 0 Å². The van der Waals surface area contributed by atoms with Gasteiger partial charge < -0.3 is 0 Å². The molecule has 0 saturated carbocycles. The van der Waals surface area contributed by atoms with Gasteiger partial charge in [-0.2, -0.15) is 0 Å². The van der Waals surface area contributed by atoms with Crippen LogP contribution in [0.5, 0.6) is 0 Å². The van der Waals surface area contributed by atoms with Crippen molar-refractivity contribution in [1.82, 2.24) is 0 Å². The molecule has 1 aromatic heterocycles. The summed E-state index contributed by atoms with van der Waals surface area (Å²) in [4.78, 5) is 13.3. The fourth-order valence-electron chi connectivity index (χ4n) is 2.94. The molecule has 0 aliphatic rings. The van der Waals surface area contributed by atoms with Gasteiger partial charge in [0.25, 0.3) is 0 Å². The first-order valence-corrected chi connectivity index (χ1v) is 10.1. The molecule has 28 heavy (non-hydrogen) atoms. The second-order valence-electron chi connectivity index (χ2n) is 6.05. The van der Waals surface area contributed by atoms with Gasteiger partial charge in [-0.3, -0.25) is 0 Å². The molecule has 1 heterocycles. The minimum absolute atomic E-state index is 0.0636. The third kappa shape index (κ3) is 3.49. The van der Waals surface area contributed by atoms with Gasteiger partial charge in [0.05, 0.1) is 0 Å². The SMILES string of the molecule is O=c1c([Se]c2ccccc2)c(-c2ccccc2)oc2cccc(C(F)(F)F)c12. The molecule has 0 fully saturated rings. The van der Waals surface area contributed by atoms with E-state index in [4.69, 9.17) is 4.42 Å². The molecule has 0 radical (unpaired) electrons. The summed E-state index contributed by atoms with van der Waals surface area (Å²) in [5.41, 5.74) is -1.00. The zero-order valence-electron chi connectivity index (χ0n) is 14.4. The number of fused-ring (bicyclic) bond motifs is 1. The standard InChI is InChI=1S/C22H13F3O2Se/c23-22(24,25)16-12-7-13-17-18(16)19(26)21(28-15-10-5-2-6-11-15)20(27-17)14-8-3-1-4-9-14/h1-13H. The van der Waals surface area contributed by atoms with Crippen LogP contribution in [0, 0.1) is 0 Å². The van der Waals surface area contributed by atoms with E-state index >= 15 is 0 Å². The van der Waals surface area contributed by atoms with Crippen LogP contribution in [0.4, 0.5) is 13.2 Å². The zero-order chi connectivity index (χ0) is 19.7. The van der Waals surface area contributed by atoms with Crippen LogP contribution in [0.1, 0.15) is 5.56 Å². The van der Waals surface area contributed by atoms with Crippen LogP contribution in [0.3, 0.4) is 0 Å². The predicted molar refractivity (Wildman–Crippen MR) is 104 cm³/mol. The number of halogens is 3. The Morgan fingerprint density at radius 3 is 2.07 bits per heavy atom. The van der Waals surface area contributed by atoms with Crippen LogP contribution in [0.15, 0.2) is 88.1 Å². The maximum absolute atomic E-state index is 13.5. The summed E-state index contributed by atoms with van der Waals surface area (Å²) >= 11 is -0.514. The van der Waals surface area contributed by atoms with Crippen molar-refractivity contribution in [2.24, 2.45) is 0 Å². The van der Waals surface area contributed by atoms with E-state index in [-0.39, 0.29) is 10.0 Å². The molecule has 2 nitrogen and oxygen atoms in total. The molecule has 0 unspecified atom stereocenters. The summed E-state index contributed by atoms with van der Waals surface area (Å²) in [5.74, 6) is 0.321. The van der Waals surface area contributed by atoms with Gasteiger partial charge in [0.2, 0.25) is 0 Å². The molecule has 6 heteroatoms. The molecule has 0 saturated heterocycles. The van der Waals surface area contributed by atoms with Gasteiger partial charge in [-0.05, 0) is 0 Å². The average molecular weight is 445 g/mol. The Kier molecular flexibility index (Phi) is 4.83. The predicted octanol–water partition coefficient (Wildman–Crippen LogP) is 4.13. The second kappa shape index (κ2) is 7.30. The van der Waals surface area contributed by atoms with Crippen LogP contribution in [0.25, 0.3) is 22.3 Å². The molecular weight excluding hydrogens is 432 g/mol. The van der Waals surface area contributed by atoms with Gasteiger partial charge >= 0.3 is 165 Å². The summed E-state index contributed by atoms with van der Waals surface area (Å²) in [6, 6.07) is 21.8. The van der Waals surface area contributed by atoms with E-state index in [1.807, 2.05) is 36.4 Å². The number of hydrogen-bond acceptors (Lipinski definition) is 2. The average Bonchev–Trinajstić information content (AvgIpc) is 2.70. The zero-order valence-corrected chi connectivity index (χ0v) is 16.1. The van der Waals surface area contributed by atoms with E-state index in [2.05, 4.69) is 0 Å². The van der Waals surface area contributed by atoms with Crippen molar-refractivity contribution in [3.63, 3.8) is 0 Å². The Morgan fingerprint density at radius 1 is 0.786 bits per heavy atom. The van der Waals surface area contributed by atoms with Crippen LogP contribution < -0.4 is 14.4 Å². The fourth-order valence-corrected chi connectivity index (χ4v) is 4.99. The van der Waals surface area contributed by atoms with E-state index in [0.29, 0.717) is 11.3 Å². The Balaban J connectivity index is 2.05. The van der Waals surface area contributed by atoms with Crippen LogP contribution in [-0.4, -0.2) is 15.0 Å². The van der Waals surface area contributed by atoms with Gasteiger partial charge in [0.1, 0.15) is 0 Å². The first-order valence-electron chi connectivity index (χ1n) is 8.40. The van der Waals surface area contributed by atoms with E-state index in [9.17, 15) is 18.0 Å². The van der Waals surface area contributed by atoms with Crippen molar-refractivity contribution in [3.05, 3.63) is 94.6 Å². The summed E-state index contributed by atoms with van der Waals surface area (Å²) in [6.45, 7) is 0. The first-order chi connectivity index (χ1) is 13.4. The molecule has 4 rings (SSSR count). The molecule has 0 amide bonds. The van der Waals surface area contributed by atoms with E-state index in [1.165, 1.54) is 12.1 Å². The van der Waals surface area contributed by atoms with Crippen LogP contribution in [0.2, 0.25) is 0 Å². The fraction of sp³-hybridized carbons (Fsp3) is 0.0455. The number of rotatable bonds is 3. The number of alkyl halides is 3. The molecule has 3 aromatic carbocycles. The summed E-state index contributed by atoms with van der Waals surface area (Å²) in [7, 11) is 0. The molecule has 4 aromatic rings. The number of benzene rings is 3. The topological polar surface area (TPSA) is 30.2 Å². The van der Waals surface area contributed by atoms with Crippen molar-refractivity contribution >= 4 is 34.8 Å². The third-order valence-corrected chi connectivity index (χ3v) is 6.45. The maximum atomic E-state index is 13.5. The molecule has 0 spiro atoms. The Hall–Kier alpha value is -2.82. The van der Waals surface area contributed by atoms with Crippen molar-refractivity contribution in [2.45, 2.75) is 6.18 Å². The molecule has 0 bridgehead atoms. The number of hydrogen-bond donors (Lipinski definition) is 0. The molecule has 0 N–H and O–H groups in total. The third-order valence-electron chi connectivity index (χ3n) is 4.18. The van der Waals surface area contributed by atoms with Gasteiger partial charge in [-0.25, -0.2) is 0 Å². The summed E-state index contributed by atoms with van der Waals surface area (Å²) < 4.78 is 47.5. The molecule has 0 atom stereocenters. The minimum atomic E-state index is -4.64. The van der Waals surface area contributed by atoms with Gasteiger partial charge in [0.15, 0.2) is 0 Å². The van der Waals surface area contributed by atoms with Crippen molar-refractivity contribution < 1.29 is 17.6 Å². The van der Waals surface area contributed by atoms with E-state index < -0.39 is 37.5 Å². The van der Waals surface area contributed by atoms with Crippen molar-refractivity contribution in [2.75, 3.05) is 0 Å².